The molecule has 0 bridgehead atoms. The molecule has 3 rings (SSSR count). The van der Waals surface area contributed by atoms with E-state index in [1.165, 1.54) is 30.6 Å². The van der Waals surface area contributed by atoms with Crippen LogP contribution in [0, 0.1) is 0 Å². The lowest BCUT2D eigenvalue weighted by molar-refractivity contribution is 0.0785. The number of rotatable bonds is 7. The summed E-state index contributed by atoms with van der Waals surface area (Å²) in [6.45, 7) is 0.493. The third-order valence-electron chi connectivity index (χ3n) is 4.80. The van der Waals surface area contributed by atoms with E-state index in [-0.39, 0.29) is 10.8 Å². The van der Waals surface area contributed by atoms with Crippen LogP contribution < -0.4 is 9.04 Å². The predicted octanol–water partition coefficient (Wildman–Crippen LogP) is 3.79. The van der Waals surface area contributed by atoms with Crippen molar-refractivity contribution < 1.29 is 17.9 Å². The molecule has 6 nitrogen and oxygen atoms in total. The summed E-state index contributed by atoms with van der Waals surface area (Å²) in [6.07, 6.45) is 0. The highest BCUT2D eigenvalue weighted by Gasteiger charge is 2.22. The van der Waals surface area contributed by atoms with E-state index < -0.39 is 10.0 Å². The summed E-state index contributed by atoms with van der Waals surface area (Å²) >= 11 is 0. The first-order chi connectivity index (χ1) is 14.3. The fourth-order valence-electron chi connectivity index (χ4n) is 3.01. The zero-order chi connectivity index (χ0) is 21.7. The Balaban J connectivity index is 1.74. The Labute approximate surface area is 177 Å². The molecule has 0 spiro atoms. The second-order valence-electron chi connectivity index (χ2n) is 6.84. The molecule has 7 heteroatoms. The van der Waals surface area contributed by atoms with E-state index in [0.29, 0.717) is 23.5 Å². The van der Waals surface area contributed by atoms with Gasteiger partial charge in [-0.25, -0.2) is 8.42 Å². The Hall–Kier alpha value is -3.32. The number of anilines is 1. The van der Waals surface area contributed by atoms with Crippen LogP contribution in [0.1, 0.15) is 15.9 Å². The van der Waals surface area contributed by atoms with Crippen molar-refractivity contribution in [1.29, 1.82) is 0 Å². The normalized spacial score (nSPS) is 11.0. The summed E-state index contributed by atoms with van der Waals surface area (Å²) in [5.41, 5.74) is 2.00. The van der Waals surface area contributed by atoms with Crippen LogP contribution in [0.2, 0.25) is 0 Å². The molecular weight excluding hydrogens is 400 g/mol. The summed E-state index contributed by atoms with van der Waals surface area (Å²) in [6, 6.07) is 22.5. The number of hydrogen-bond acceptors (Lipinski definition) is 4. The molecule has 30 heavy (non-hydrogen) atoms. The van der Waals surface area contributed by atoms with Gasteiger partial charge >= 0.3 is 0 Å². The molecule has 0 aliphatic rings. The number of sulfonamides is 1. The topological polar surface area (TPSA) is 66.9 Å². The fraction of sp³-hybridized carbons (Fsp3) is 0.174. The molecule has 3 aromatic carbocycles. The summed E-state index contributed by atoms with van der Waals surface area (Å²) in [5, 5.41) is 0. The molecule has 0 fully saturated rings. The molecule has 0 radical (unpaired) electrons. The van der Waals surface area contributed by atoms with Gasteiger partial charge < -0.3 is 9.64 Å². The van der Waals surface area contributed by atoms with Crippen LogP contribution in [0.3, 0.4) is 0 Å². The van der Waals surface area contributed by atoms with Crippen molar-refractivity contribution in [3.8, 4) is 5.75 Å². The molecule has 0 aromatic heterocycles. The van der Waals surface area contributed by atoms with Crippen LogP contribution in [0.15, 0.2) is 83.8 Å². The monoisotopic (exact) mass is 424 g/mol. The Morgan fingerprint density at radius 2 is 1.47 bits per heavy atom. The van der Waals surface area contributed by atoms with Gasteiger partial charge in [-0.2, -0.15) is 0 Å². The minimum Gasteiger partial charge on any atom is -0.497 e. The molecule has 0 saturated carbocycles. The van der Waals surface area contributed by atoms with E-state index in [1.807, 2.05) is 30.3 Å². The molecular formula is C23H24N2O4S. The molecule has 0 heterocycles. The van der Waals surface area contributed by atoms with Crippen molar-refractivity contribution in [3.63, 3.8) is 0 Å². The second kappa shape index (κ2) is 9.00. The highest BCUT2D eigenvalue weighted by molar-refractivity contribution is 7.92. The maximum atomic E-state index is 12.9. The summed E-state index contributed by atoms with van der Waals surface area (Å²) < 4.78 is 32.0. The Kier molecular flexibility index (Phi) is 6.42. The largest absolute Gasteiger partial charge is 0.497 e. The molecule has 156 valence electrons. The van der Waals surface area contributed by atoms with Crippen LogP contribution in [0.25, 0.3) is 0 Å². The molecule has 0 aliphatic carbocycles. The lowest BCUT2D eigenvalue weighted by atomic mass is 10.1. The number of nitrogens with zero attached hydrogens (tertiary/aromatic N) is 2. The van der Waals surface area contributed by atoms with Crippen molar-refractivity contribution in [1.82, 2.24) is 4.90 Å². The lowest BCUT2D eigenvalue weighted by Crippen LogP contribution is -2.27. The van der Waals surface area contributed by atoms with Gasteiger partial charge in [-0.05, 0) is 54.1 Å². The van der Waals surface area contributed by atoms with Crippen molar-refractivity contribution in [3.05, 3.63) is 90.0 Å². The zero-order valence-corrected chi connectivity index (χ0v) is 18.0. The number of hydrogen-bond donors (Lipinski definition) is 0. The maximum absolute atomic E-state index is 12.9. The maximum Gasteiger partial charge on any atom is 0.264 e. The van der Waals surface area contributed by atoms with E-state index in [4.69, 9.17) is 4.74 Å². The number of methoxy groups -OCH3 is 1. The standard InChI is InChI=1S/C23H24N2O4S/c1-24(17-18-7-5-4-6-8-18)23(26)19-9-11-20(12-10-19)25(2)30(27,28)22-15-13-21(29-3)14-16-22/h4-16H,17H2,1-3H3. The van der Waals surface area contributed by atoms with Crippen LogP contribution in [-0.2, 0) is 16.6 Å². The fourth-order valence-corrected chi connectivity index (χ4v) is 4.20. The van der Waals surface area contributed by atoms with Crippen molar-refractivity contribution in [2.75, 3.05) is 25.5 Å². The minimum atomic E-state index is -3.72. The summed E-state index contributed by atoms with van der Waals surface area (Å²) in [4.78, 5) is 14.5. The number of ether oxygens (including phenoxy) is 1. The van der Waals surface area contributed by atoms with E-state index in [2.05, 4.69) is 0 Å². The first kappa shape index (κ1) is 21.4. The Bertz CT molecular complexity index is 1100. The van der Waals surface area contributed by atoms with Gasteiger partial charge in [0.05, 0.1) is 17.7 Å². The van der Waals surface area contributed by atoms with E-state index in [1.54, 1.807) is 48.3 Å². The van der Waals surface area contributed by atoms with Crippen LogP contribution in [-0.4, -0.2) is 40.4 Å². The van der Waals surface area contributed by atoms with Gasteiger partial charge in [-0.15, -0.1) is 0 Å². The quantitative estimate of drug-likeness (QED) is 0.579. The Morgan fingerprint density at radius 3 is 2.03 bits per heavy atom. The number of carbonyl (C=O) groups excluding carboxylic acids is 1. The zero-order valence-electron chi connectivity index (χ0n) is 17.1. The van der Waals surface area contributed by atoms with E-state index in [0.717, 1.165) is 5.56 Å². The summed E-state index contributed by atoms with van der Waals surface area (Å²) in [7, 11) is 1.02. The minimum absolute atomic E-state index is 0.133. The molecule has 3 aromatic rings. The lowest BCUT2D eigenvalue weighted by Gasteiger charge is -2.21. The third kappa shape index (κ3) is 4.63. The van der Waals surface area contributed by atoms with E-state index in [9.17, 15) is 13.2 Å². The SMILES string of the molecule is COc1ccc(S(=O)(=O)N(C)c2ccc(C(=O)N(C)Cc3ccccc3)cc2)cc1. The van der Waals surface area contributed by atoms with Crippen molar-refractivity contribution in [2.24, 2.45) is 0 Å². The molecule has 0 N–H and O–H groups in total. The highest BCUT2D eigenvalue weighted by atomic mass is 32.2. The molecule has 0 saturated heterocycles. The van der Waals surface area contributed by atoms with Crippen molar-refractivity contribution in [2.45, 2.75) is 11.4 Å². The van der Waals surface area contributed by atoms with Gasteiger partial charge in [0.25, 0.3) is 15.9 Å². The molecule has 0 atom stereocenters. The average Bonchev–Trinajstić information content (AvgIpc) is 2.78. The van der Waals surface area contributed by atoms with Gasteiger partial charge in [0.15, 0.2) is 0 Å². The van der Waals surface area contributed by atoms with Gasteiger partial charge in [-0.3, -0.25) is 9.10 Å². The summed E-state index contributed by atoms with van der Waals surface area (Å²) in [5.74, 6) is 0.449. The molecule has 0 aliphatic heterocycles. The van der Waals surface area contributed by atoms with Gasteiger partial charge in [0, 0.05) is 26.2 Å². The number of carbonyl (C=O) groups is 1. The van der Waals surface area contributed by atoms with Crippen LogP contribution in [0.5, 0.6) is 5.75 Å². The Morgan fingerprint density at radius 1 is 0.867 bits per heavy atom. The predicted molar refractivity (Wildman–Crippen MR) is 117 cm³/mol. The molecule has 0 unspecified atom stereocenters. The first-order valence-electron chi connectivity index (χ1n) is 9.35. The highest BCUT2D eigenvalue weighted by Crippen LogP contribution is 2.24. The number of benzene rings is 3. The second-order valence-corrected chi connectivity index (χ2v) is 8.81. The van der Waals surface area contributed by atoms with E-state index >= 15 is 0 Å². The number of amides is 1. The first-order valence-corrected chi connectivity index (χ1v) is 10.8. The van der Waals surface area contributed by atoms with Gasteiger partial charge in [0.2, 0.25) is 0 Å². The third-order valence-corrected chi connectivity index (χ3v) is 6.60. The average molecular weight is 425 g/mol. The van der Waals surface area contributed by atoms with Gasteiger partial charge in [0.1, 0.15) is 5.75 Å². The van der Waals surface area contributed by atoms with Crippen LogP contribution >= 0.6 is 0 Å². The smallest absolute Gasteiger partial charge is 0.264 e. The van der Waals surface area contributed by atoms with Gasteiger partial charge in [-0.1, -0.05) is 30.3 Å². The van der Waals surface area contributed by atoms with Crippen LogP contribution in [0.4, 0.5) is 5.69 Å². The van der Waals surface area contributed by atoms with Crippen molar-refractivity contribution >= 4 is 21.6 Å². The molecule has 1 amide bonds.